The molecule has 2 N–H and O–H groups in total. The van der Waals surface area contributed by atoms with Gasteiger partial charge in [0.1, 0.15) is 11.5 Å². The Hall–Kier alpha value is -3.52. The zero-order valence-corrected chi connectivity index (χ0v) is 19.0. The van der Waals surface area contributed by atoms with Crippen molar-refractivity contribution in [2.24, 2.45) is 0 Å². The predicted octanol–water partition coefficient (Wildman–Crippen LogP) is 4.52. The van der Waals surface area contributed by atoms with E-state index in [1.807, 2.05) is 31.2 Å². The van der Waals surface area contributed by atoms with E-state index in [4.69, 9.17) is 9.47 Å². The van der Waals surface area contributed by atoms with E-state index in [1.54, 1.807) is 43.3 Å². The van der Waals surface area contributed by atoms with Crippen molar-refractivity contribution in [1.82, 2.24) is 0 Å². The van der Waals surface area contributed by atoms with Crippen LogP contribution in [-0.4, -0.2) is 28.0 Å². The van der Waals surface area contributed by atoms with Gasteiger partial charge < -0.3 is 14.8 Å². The number of ether oxygens (including phenoxy) is 2. The number of aryl methyl sites for hydroxylation is 2. The molecule has 0 atom stereocenters. The number of hydrogen-bond acceptors (Lipinski definition) is 5. The number of carbonyl (C=O) groups is 1. The summed E-state index contributed by atoms with van der Waals surface area (Å²) in [6.07, 6.45) is 0.128. The Morgan fingerprint density at radius 2 is 1.75 bits per heavy atom. The lowest BCUT2D eigenvalue weighted by atomic mass is 10.2. The van der Waals surface area contributed by atoms with E-state index in [2.05, 4.69) is 10.0 Å². The van der Waals surface area contributed by atoms with E-state index in [0.717, 1.165) is 5.56 Å². The second-order valence-corrected chi connectivity index (χ2v) is 8.90. The first-order chi connectivity index (χ1) is 15.3. The first-order valence-corrected chi connectivity index (χ1v) is 11.5. The lowest BCUT2D eigenvalue weighted by molar-refractivity contribution is -0.116. The lowest BCUT2D eigenvalue weighted by Gasteiger charge is -2.14. The van der Waals surface area contributed by atoms with Crippen LogP contribution in [0.15, 0.2) is 71.6 Å². The van der Waals surface area contributed by atoms with Crippen molar-refractivity contribution in [3.05, 3.63) is 77.9 Å². The van der Waals surface area contributed by atoms with E-state index in [1.165, 1.54) is 13.2 Å². The average Bonchev–Trinajstić information content (AvgIpc) is 2.75. The summed E-state index contributed by atoms with van der Waals surface area (Å²) in [5, 5.41) is 2.73. The van der Waals surface area contributed by atoms with E-state index < -0.39 is 10.0 Å². The second-order valence-electron chi connectivity index (χ2n) is 7.25. The highest BCUT2D eigenvalue weighted by Crippen LogP contribution is 2.28. The van der Waals surface area contributed by atoms with Gasteiger partial charge in [-0.3, -0.25) is 9.52 Å². The molecule has 3 rings (SSSR count). The van der Waals surface area contributed by atoms with Crippen LogP contribution in [0.3, 0.4) is 0 Å². The highest BCUT2D eigenvalue weighted by atomic mass is 32.2. The summed E-state index contributed by atoms with van der Waals surface area (Å²) in [6, 6.07) is 19.1. The Bertz CT molecular complexity index is 1210. The fourth-order valence-corrected chi connectivity index (χ4v) is 4.43. The quantitative estimate of drug-likeness (QED) is 0.496. The number of methoxy groups -OCH3 is 1. The van der Waals surface area contributed by atoms with Gasteiger partial charge in [0.05, 0.1) is 30.7 Å². The first kappa shape index (κ1) is 23.1. The van der Waals surface area contributed by atoms with Crippen molar-refractivity contribution >= 4 is 27.3 Å². The third-order valence-corrected chi connectivity index (χ3v) is 6.21. The van der Waals surface area contributed by atoms with Crippen LogP contribution in [0, 0.1) is 13.8 Å². The second kappa shape index (κ2) is 10.2. The fraction of sp³-hybridized carbons (Fsp3) is 0.208. The Morgan fingerprint density at radius 1 is 0.969 bits per heavy atom. The Morgan fingerprint density at radius 3 is 2.50 bits per heavy atom. The van der Waals surface area contributed by atoms with Crippen LogP contribution in [0.2, 0.25) is 0 Å². The number of nitrogens with one attached hydrogen (secondary N) is 2. The minimum atomic E-state index is -3.90. The van der Waals surface area contributed by atoms with Crippen LogP contribution >= 0.6 is 0 Å². The maximum atomic E-state index is 13.0. The van der Waals surface area contributed by atoms with Gasteiger partial charge in [-0.15, -0.1) is 0 Å². The summed E-state index contributed by atoms with van der Waals surface area (Å²) in [5.41, 5.74) is 2.34. The fourth-order valence-electron chi connectivity index (χ4n) is 3.09. The van der Waals surface area contributed by atoms with Gasteiger partial charge >= 0.3 is 0 Å². The van der Waals surface area contributed by atoms with Gasteiger partial charge in [0.2, 0.25) is 5.91 Å². The molecule has 0 aromatic heterocycles. The number of anilines is 2. The molecule has 0 bridgehead atoms. The van der Waals surface area contributed by atoms with Crippen LogP contribution in [0.5, 0.6) is 11.5 Å². The van der Waals surface area contributed by atoms with E-state index in [9.17, 15) is 13.2 Å². The van der Waals surface area contributed by atoms with Crippen LogP contribution in [-0.2, 0) is 14.8 Å². The summed E-state index contributed by atoms with van der Waals surface area (Å²) < 4.78 is 39.3. The number of benzene rings is 3. The van der Waals surface area contributed by atoms with E-state index in [0.29, 0.717) is 28.4 Å². The van der Waals surface area contributed by atoms with E-state index in [-0.39, 0.29) is 23.8 Å². The number of para-hydroxylation sites is 2. The minimum Gasteiger partial charge on any atom is -0.495 e. The molecule has 0 aliphatic rings. The van der Waals surface area contributed by atoms with Crippen molar-refractivity contribution in [3.8, 4) is 11.5 Å². The highest BCUT2D eigenvalue weighted by molar-refractivity contribution is 7.92. The van der Waals surface area contributed by atoms with Crippen LogP contribution in [0.4, 0.5) is 11.4 Å². The predicted molar refractivity (Wildman–Crippen MR) is 125 cm³/mol. The molecule has 3 aromatic rings. The van der Waals surface area contributed by atoms with Crippen molar-refractivity contribution < 1.29 is 22.7 Å². The van der Waals surface area contributed by atoms with Gasteiger partial charge in [-0.2, -0.15) is 0 Å². The molecule has 8 heteroatoms. The molecule has 0 aliphatic carbocycles. The summed E-state index contributed by atoms with van der Waals surface area (Å²) in [5.74, 6) is 0.832. The third kappa shape index (κ3) is 6.01. The number of carbonyl (C=O) groups excluding carboxylic acids is 1. The molecular weight excluding hydrogens is 428 g/mol. The Kier molecular flexibility index (Phi) is 7.37. The SMILES string of the molecule is COc1ccccc1NS(=O)(=O)c1cc(NC(=O)CCOc2cccc(C)c2)ccc1C. The van der Waals surface area contributed by atoms with Crippen molar-refractivity contribution in [2.75, 3.05) is 23.8 Å². The van der Waals surface area contributed by atoms with Gasteiger partial charge in [0.15, 0.2) is 0 Å². The number of hydrogen-bond donors (Lipinski definition) is 2. The maximum Gasteiger partial charge on any atom is 0.262 e. The van der Waals surface area contributed by atoms with Crippen molar-refractivity contribution in [3.63, 3.8) is 0 Å². The number of sulfonamides is 1. The normalized spacial score (nSPS) is 11.0. The van der Waals surface area contributed by atoms with Crippen molar-refractivity contribution in [2.45, 2.75) is 25.2 Å². The first-order valence-electron chi connectivity index (χ1n) is 10.0. The van der Waals surface area contributed by atoms with Gasteiger partial charge in [-0.1, -0.05) is 30.3 Å². The molecule has 1 amide bonds. The molecule has 0 saturated carbocycles. The molecule has 0 fully saturated rings. The summed E-state index contributed by atoms with van der Waals surface area (Å²) in [7, 11) is -2.43. The van der Waals surface area contributed by atoms with Gasteiger partial charge in [0.25, 0.3) is 10.0 Å². The molecule has 0 heterocycles. The summed E-state index contributed by atoms with van der Waals surface area (Å²) in [4.78, 5) is 12.4. The molecule has 3 aromatic carbocycles. The zero-order valence-electron chi connectivity index (χ0n) is 18.2. The average molecular weight is 455 g/mol. The lowest BCUT2D eigenvalue weighted by Crippen LogP contribution is -2.17. The topological polar surface area (TPSA) is 93.7 Å². The van der Waals surface area contributed by atoms with Crippen LogP contribution < -0.4 is 19.5 Å². The van der Waals surface area contributed by atoms with Crippen LogP contribution in [0.1, 0.15) is 17.5 Å². The molecular formula is C24H26N2O5S. The Labute approximate surface area is 188 Å². The van der Waals surface area contributed by atoms with Gasteiger partial charge in [-0.25, -0.2) is 8.42 Å². The summed E-state index contributed by atoms with van der Waals surface area (Å²) >= 11 is 0. The molecule has 0 radical (unpaired) electrons. The molecule has 0 saturated heterocycles. The highest BCUT2D eigenvalue weighted by Gasteiger charge is 2.20. The van der Waals surface area contributed by atoms with E-state index >= 15 is 0 Å². The van der Waals surface area contributed by atoms with Crippen LogP contribution in [0.25, 0.3) is 0 Å². The molecule has 0 aliphatic heterocycles. The monoisotopic (exact) mass is 454 g/mol. The molecule has 168 valence electrons. The zero-order chi connectivity index (χ0) is 23.1. The maximum absolute atomic E-state index is 13.0. The Balaban J connectivity index is 1.67. The standard InChI is InChI=1S/C24H26N2O5S/c1-17-7-6-8-20(15-17)31-14-13-24(27)25-19-12-11-18(2)23(16-19)32(28,29)26-21-9-4-5-10-22(21)30-3/h4-12,15-16,26H,13-14H2,1-3H3,(H,25,27). The molecule has 0 unspecified atom stereocenters. The molecule has 0 spiro atoms. The molecule has 32 heavy (non-hydrogen) atoms. The number of rotatable bonds is 9. The summed E-state index contributed by atoms with van der Waals surface area (Å²) in [6.45, 7) is 3.87. The largest absolute Gasteiger partial charge is 0.495 e. The van der Waals surface area contributed by atoms with Crippen molar-refractivity contribution in [1.29, 1.82) is 0 Å². The number of amides is 1. The minimum absolute atomic E-state index is 0.0669. The third-order valence-electron chi connectivity index (χ3n) is 4.70. The van der Waals surface area contributed by atoms with Gasteiger partial charge in [0, 0.05) is 5.69 Å². The smallest absolute Gasteiger partial charge is 0.262 e. The van der Waals surface area contributed by atoms with Gasteiger partial charge in [-0.05, 0) is 61.4 Å². The molecule has 7 nitrogen and oxygen atoms in total.